The van der Waals surface area contributed by atoms with Crippen LogP contribution in [0.5, 0.6) is 0 Å². The maximum atomic E-state index is 3.89. The average molecular weight is 112 g/mol. The normalized spacial score (nSPS) is 11.8. The van der Waals surface area contributed by atoms with E-state index in [-0.39, 0.29) is 0 Å². The van der Waals surface area contributed by atoms with Crippen LogP contribution >= 0.6 is 0 Å². The third-order valence-corrected chi connectivity index (χ3v) is 0.619. The van der Waals surface area contributed by atoms with E-state index in [0.29, 0.717) is 0 Å². The number of aliphatic imine (C=N–C) groups is 2. The fraction of sp³-hybridized carbons (Fsp3) is 0.667. The summed E-state index contributed by atoms with van der Waals surface area (Å²) >= 11 is 0. The second-order valence-corrected chi connectivity index (χ2v) is 1.35. The Balaban J connectivity index is 3.13. The minimum atomic E-state index is 0.820. The number of rotatable bonds is 3. The molecule has 0 aromatic carbocycles. The van der Waals surface area contributed by atoms with Gasteiger partial charge in [-0.15, -0.1) is 0 Å². The highest BCUT2D eigenvalue weighted by molar-refractivity contribution is 5.71. The van der Waals surface area contributed by atoms with E-state index in [9.17, 15) is 0 Å². The molecule has 0 unspecified atom stereocenters. The zero-order valence-electron chi connectivity index (χ0n) is 5.46. The molecule has 0 saturated heterocycles. The summed E-state index contributed by atoms with van der Waals surface area (Å²) in [5.41, 5.74) is 0. The molecule has 0 fully saturated rings. The van der Waals surface area contributed by atoms with Crippen LogP contribution in [0.15, 0.2) is 9.98 Å². The topological polar surface area (TPSA) is 24.7 Å². The second kappa shape index (κ2) is 6.34. The summed E-state index contributed by atoms with van der Waals surface area (Å²) in [6.07, 6.45) is 4.40. The van der Waals surface area contributed by atoms with Gasteiger partial charge in [-0.1, -0.05) is 6.92 Å². The molecule has 0 aromatic rings. The van der Waals surface area contributed by atoms with E-state index in [4.69, 9.17) is 0 Å². The Labute approximate surface area is 50.4 Å². The summed E-state index contributed by atoms with van der Waals surface area (Å²) in [5.74, 6) is 0. The number of hydrogen-bond acceptors (Lipinski definition) is 1. The Morgan fingerprint density at radius 3 is 2.62 bits per heavy atom. The van der Waals surface area contributed by atoms with Crippen molar-refractivity contribution in [2.75, 3.05) is 6.54 Å². The van der Waals surface area contributed by atoms with Crippen LogP contribution in [0.4, 0.5) is 0 Å². The molecular weight excluding hydrogens is 100 g/mol. The molecule has 0 spiro atoms. The van der Waals surface area contributed by atoms with Crippen LogP contribution in [0.1, 0.15) is 20.3 Å². The first-order valence-corrected chi connectivity index (χ1v) is 2.91. The smallest absolute Gasteiger partial charge is 0.109 e. The lowest BCUT2D eigenvalue weighted by molar-refractivity contribution is 1.13. The Bertz CT molecular complexity index is 72.5. The predicted octanol–water partition coefficient (Wildman–Crippen LogP) is 1.52. The van der Waals surface area contributed by atoms with Crippen molar-refractivity contribution >= 4 is 12.6 Å². The molecule has 0 rings (SSSR count). The summed E-state index contributed by atoms with van der Waals surface area (Å²) in [7, 11) is 0. The quantitative estimate of drug-likeness (QED) is 0.390. The molecule has 0 bridgehead atoms. The molecule has 0 aliphatic rings. The lowest BCUT2D eigenvalue weighted by Gasteiger charge is -1.75. The molecule has 0 aromatic heterocycles. The highest BCUT2D eigenvalue weighted by Crippen LogP contribution is 1.67. The Kier molecular flexibility index (Phi) is 5.82. The van der Waals surface area contributed by atoms with Gasteiger partial charge in [-0.25, -0.2) is 4.99 Å². The van der Waals surface area contributed by atoms with Gasteiger partial charge in [0.2, 0.25) is 0 Å². The van der Waals surface area contributed by atoms with E-state index in [1.54, 1.807) is 6.34 Å². The summed E-state index contributed by atoms with van der Waals surface area (Å²) in [6.45, 7) is 4.85. The van der Waals surface area contributed by atoms with Gasteiger partial charge in [-0.2, -0.15) is 0 Å². The SMILES string of the molecule is CCC=NC=NCC. The third-order valence-electron chi connectivity index (χ3n) is 0.619. The highest BCUT2D eigenvalue weighted by atomic mass is 14.8. The molecule has 0 N–H and O–H groups in total. The second-order valence-electron chi connectivity index (χ2n) is 1.35. The fourth-order valence-corrected chi connectivity index (χ4v) is 0.281. The lowest BCUT2D eigenvalue weighted by Crippen LogP contribution is -1.71. The van der Waals surface area contributed by atoms with Crippen LogP contribution < -0.4 is 0 Å². The molecule has 0 heterocycles. The molecule has 2 heteroatoms. The van der Waals surface area contributed by atoms with Crippen LogP contribution in [0.3, 0.4) is 0 Å². The van der Waals surface area contributed by atoms with Crippen molar-refractivity contribution in [3.63, 3.8) is 0 Å². The van der Waals surface area contributed by atoms with Crippen LogP contribution in [0, 0.1) is 0 Å². The molecule has 0 saturated carbocycles. The van der Waals surface area contributed by atoms with Gasteiger partial charge in [0.15, 0.2) is 0 Å². The number of hydrogen-bond donors (Lipinski definition) is 0. The Morgan fingerprint density at radius 2 is 2.12 bits per heavy atom. The zero-order chi connectivity index (χ0) is 6.24. The summed E-state index contributed by atoms with van der Waals surface area (Å²) in [6, 6.07) is 0. The minimum absolute atomic E-state index is 0.820. The summed E-state index contributed by atoms with van der Waals surface area (Å²) in [4.78, 5) is 7.75. The molecule has 0 radical (unpaired) electrons. The molecule has 0 aliphatic carbocycles. The van der Waals surface area contributed by atoms with E-state index in [1.807, 2.05) is 20.1 Å². The molecule has 8 heavy (non-hydrogen) atoms. The first-order valence-electron chi connectivity index (χ1n) is 2.91. The Hall–Kier alpha value is -0.660. The van der Waals surface area contributed by atoms with E-state index in [0.717, 1.165) is 13.0 Å². The van der Waals surface area contributed by atoms with Gasteiger partial charge >= 0.3 is 0 Å². The van der Waals surface area contributed by atoms with E-state index < -0.39 is 0 Å². The molecule has 2 nitrogen and oxygen atoms in total. The largest absolute Gasteiger partial charge is 0.274 e. The van der Waals surface area contributed by atoms with Crippen LogP contribution in [0.25, 0.3) is 0 Å². The van der Waals surface area contributed by atoms with Crippen molar-refractivity contribution in [3.05, 3.63) is 0 Å². The first-order chi connectivity index (χ1) is 3.91. The number of nitrogens with zero attached hydrogens (tertiary/aromatic N) is 2. The van der Waals surface area contributed by atoms with Gasteiger partial charge in [0.05, 0.1) is 0 Å². The van der Waals surface area contributed by atoms with E-state index in [2.05, 4.69) is 9.98 Å². The van der Waals surface area contributed by atoms with Crippen molar-refractivity contribution in [2.24, 2.45) is 9.98 Å². The van der Waals surface area contributed by atoms with Gasteiger partial charge < -0.3 is 0 Å². The van der Waals surface area contributed by atoms with E-state index >= 15 is 0 Å². The van der Waals surface area contributed by atoms with Gasteiger partial charge in [0, 0.05) is 12.8 Å². The molecule has 0 atom stereocenters. The molecule has 0 amide bonds. The van der Waals surface area contributed by atoms with Gasteiger partial charge in [0.1, 0.15) is 6.34 Å². The first kappa shape index (κ1) is 7.34. The predicted molar refractivity (Wildman–Crippen MR) is 37.8 cm³/mol. The Morgan fingerprint density at radius 1 is 1.38 bits per heavy atom. The molecule has 46 valence electrons. The van der Waals surface area contributed by atoms with Crippen molar-refractivity contribution < 1.29 is 0 Å². The summed E-state index contributed by atoms with van der Waals surface area (Å²) < 4.78 is 0. The third kappa shape index (κ3) is 5.34. The van der Waals surface area contributed by atoms with E-state index in [1.165, 1.54) is 0 Å². The molecule has 0 aliphatic heterocycles. The monoisotopic (exact) mass is 112 g/mol. The maximum Gasteiger partial charge on any atom is 0.109 e. The standard InChI is InChI=1S/C6H12N2/c1-3-5-8-6-7-4-2/h5-6H,3-4H2,1-2H3. The highest BCUT2D eigenvalue weighted by Gasteiger charge is 1.62. The lowest BCUT2D eigenvalue weighted by atomic mass is 10.5. The molecular formula is C6H12N2. The van der Waals surface area contributed by atoms with Crippen molar-refractivity contribution in [1.82, 2.24) is 0 Å². The van der Waals surface area contributed by atoms with Gasteiger partial charge in [-0.05, 0) is 13.3 Å². The summed E-state index contributed by atoms with van der Waals surface area (Å²) in [5, 5.41) is 0. The van der Waals surface area contributed by atoms with Crippen molar-refractivity contribution in [3.8, 4) is 0 Å². The van der Waals surface area contributed by atoms with Gasteiger partial charge in [0.25, 0.3) is 0 Å². The van der Waals surface area contributed by atoms with Crippen LogP contribution in [-0.2, 0) is 0 Å². The average Bonchev–Trinajstić information content (AvgIpc) is 1.81. The van der Waals surface area contributed by atoms with Crippen LogP contribution in [-0.4, -0.2) is 19.1 Å². The van der Waals surface area contributed by atoms with Crippen molar-refractivity contribution in [1.29, 1.82) is 0 Å². The maximum absolute atomic E-state index is 3.89. The zero-order valence-corrected chi connectivity index (χ0v) is 5.46. The minimum Gasteiger partial charge on any atom is -0.274 e. The fourth-order valence-electron chi connectivity index (χ4n) is 0.281. The van der Waals surface area contributed by atoms with Crippen LogP contribution in [0.2, 0.25) is 0 Å². The van der Waals surface area contributed by atoms with Crippen molar-refractivity contribution in [2.45, 2.75) is 20.3 Å². The van der Waals surface area contributed by atoms with Gasteiger partial charge in [-0.3, -0.25) is 4.99 Å².